The number of rotatable bonds is 5. The van der Waals surface area contributed by atoms with E-state index < -0.39 is 0 Å². The number of imidazole rings is 1. The number of pyridine rings is 1. The van der Waals surface area contributed by atoms with Crippen LogP contribution in [0.4, 0.5) is 0 Å². The lowest BCUT2D eigenvalue weighted by Gasteiger charge is -2.12. The van der Waals surface area contributed by atoms with Crippen molar-refractivity contribution in [3.05, 3.63) is 53.2 Å². The van der Waals surface area contributed by atoms with Gasteiger partial charge in [0.15, 0.2) is 0 Å². The number of aromatic amines is 1. The highest BCUT2D eigenvalue weighted by molar-refractivity contribution is 5.79. The molecule has 3 aromatic heterocycles. The molecule has 3 rings (SSSR count). The smallest absolute Gasteiger partial charge is 0.226 e. The lowest BCUT2D eigenvalue weighted by molar-refractivity contribution is -0.121. The van der Waals surface area contributed by atoms with Crippen LogP contribution in [0, 0.1) is 13.8 Å². The molecule has 3 heterocycles. The van der Waals surface area contributed by atoms with E-state index in [1.807, 2.05) is 55.6 Å². The number of fused-ring (bicyclic) bond motifs is 1. The van der Waals surface area contributed by atoms with Crippen molar-refractivity contribution >= 4 is 11.6 Å². The van der Waals surface area contributed by atoms with Gasteiger partial charge in [-0.3, -0.25) is 9.89 Å². The maximum absolute atomic E-state index is 12.3. The van der Waals surface area contributed by atoms with Crippen LogP contribution < -0.4 is 5.32 Å². The molecule has 1 atom stereocenters. The highest BCUT2D eigenvalue weighted by atomic mass is 16.1. The molecule has 2 N–H and O–H groups in total. The minimum Gasteiger partial charge on any atom is -0.353 e. The van der Waals surface area contributed by atoms with Gasteiger partial charge in [-0.15, -0.1) is 0 Å². The third kappa shape index (κ3) is 3.41. The minimum absolute atomic E-state index is 0.00138. The van der Waals surface area contributed by atoms with Gasteiger partial charge >= 0.3 is 0 Å². The number of carbonyl (C=O) groups is 1. The van der Waals surface area contributed by atoms with Crippen LogP contribution in [0.15, 0.2) is 30.5 Å². The van der Waals surface area contributed by atoms with Crippen LogP contribution in [0.25, 0.3) is 5.65 Å². The van der Waals surface area contributed by atoms with E-state index in [1.54, 1.807) is 0 Å². The second-order valence-electron chi connectivity index (χ2n) is 5.96. The van der Waals surface area contributed by atoms with Gasteiger partial charge in [-0.05, 0) is 39.0 Å². The highest BCUT2D eigenvalue weighted by Crippen LogP contribution is 2.12. The molecule has 0 saturated carbocycles. The third-order valence-electron chi connectivity index (χ3n) is 3.84. The number of hydrogen-bond acceptors (Lipinski definition) is 3. The van der Waals surface area contributed by atoms with Crippen LogP contribution in [0.3, 0.4) is 0 Å². The van der Waals surface area contributed by atoms with Gasteiger partial charge in [-0.2, -0.15) is 5.10 Å². The summed E-state index contributed by atoms with van der Waals surface area (Å²) in [6, 6.07) is 7.86. The van der Waals surface area contributed by atoms with Gasteiger partial charge in [0.1, 0.15) is 5.65 Å². The average Bonchev–Trinajstić information content (AvgIpc) is 3.03. The highest BCUT2D eigenvalue weighted by Gasteiger charge is 2.15. The zero-order chi connectivity index (χ0) is 16.4. The Bertz CT molecular complexity index is 832. The Kier molecular flexibility index (Phi) is 4.14. The quantitative estimate of drug-likeness (QED) is 0.756. The van der Waals surface area contributed by atoms with Gasteiger partial charge < -0.3 is 9.72 Å². The number of hydrogen-bond donors (Lipinski definition) is 2. The van der Waals surface area contributed by atoms with Crippen molar-refractivity contribution in [2.24, 2.45) is 0 Å². The summed E-state index contributed by atoms with van der Waals surface area (Å²) in [7, 11) is 0. The predicted octanol–water partition coefficient (Wildman–Crippen LogP) is 1.96. The van der Waals surface area contributed by atoms with Crippen molar-refractivity contribution in [2.75, 3.05) is 0 Å². The Morgan fingerprint density at radius 1 is 1.39 bits per heavy atom. The fraction of sp³-hybridized carbons (Fsp3) is 0.353. The molecule has 3 aromatic rings. The van der Waals surface area contributed by atoms with E-state index in [4.69, 9.17) is 0 Å². The number of aromatic nitrogens is 4. The number of H-pyrrole nitrogens is 1. The van der Waals surface area contributed by atoms with Crippen LogP contribution in [0.5, 0.6) is 0 Å². The lowest BCUT2D eigenvalue weighted by Crippen LogP contribution is -2.35. The van der Waals surface area contributed by atoms with Crippen molar-refractivity contribution in [3.63, 3.8) is 0 Å². The number of aryl methyl sites for hydroxylation is 2. The SMILES string of the molecule is Cc1cc(CC(C)NC(=O)Cc2c(C)nc3ccccn23)n[nH]1. The Hall–Kier alpha value is -2.63. The fourth-order valence-electron chi connectivity index (χ4n) is 2.80. The fourth-order valence-corrected chi connectivity index (χ4v) is 2.80. The van der Waals surface area contributed by atoms with E-state index in [1.165, 1.54) is 0 Å². The van der Waals surface area contributed by atoms with Crippen molar-refractivity contribution < 1.29 is 4.79 Å². The molecule has 6 heteroatoms. The summed E-state index contributed by atoms with van der Waals surface area (Å²) in [6.45, 7) is 5.89. The van der Waals surface area contributed by atoms with Gasteiger partial charge in [0.25, 0.3) is 0 Å². The second-order valence-corrected chi connectivity index (χ2v) is 5.96. The zero-order valence-electron chi connectivity index (χ0n) is 13.6. The molecule has 0 bridgehead atoms. The summed E-state index contributed by atoms with van der Waals surface area (Å²) in [4.78, 5) is 16.8. The number of nitrogens with one attached hydrogen (secondary N) is 2. The zero-order valence-corrected chi connectivity index (χ0v) is 13.6. The van der Waals surface area contributed by atoms with Crippen LogP contribution in [-0.4, -0.2) is 31.5 Å². The van der Waals surface area contributed by atoms with Crippen molar-refractivity contribution in [2.45, 2.75) is 39.7 Å². The average molecular weight is 311 g/mol. The van der Waals surface area contributed by atoms with Crippen LogP contribution in [0.2, 0.25) is 0 Å². The monoisotopic (exact) mass is 311 g/mol. The standard InChI is InChI=1S/C17H21N5O/c1-11(8-14-9-12(2)20-21-14)18-17(23)10-15-13(3)19-16-6-4-5-7-22(15)16/h4-7,9,11H,8,10H2,1-3H3,(H,18,23)(H,20,21). The molecular weight excluding hydrogens is 290 g/mol. The molecule has 1 amide bonds. The van der Waals surface area contributed by atoms with Crippen LogP contribution in [-0.2, 0) is 17.6 Å². The Balaban J connectivity index is 1.65. The first-order valence-corrected chi connectivity index (χ1v) is 7.75. The van der Waals surface area contributed by atoms with Gasteiger partial charge in [-0.1, -0.05) is 6.07 Å². The van der Waals surface area contributed by atoms with Crippen molar-refractivity contribution in [1.29, 1.82) is 0 Å². The summed E-state index contributed by atoms with van der Waals surface area (Å²) in [5.41, 5.74) is 4.68. The first kappa shape index (κ1) is 15.3. The molecule has 1 unspecified atom stereocenters. The van der Waals surface area contributed by atoms with E-state index >= 15 is 0 Å². The van der Waals surface area contributed by atoms with Crippen LogP contribution >= 0.6 is 0 Å². The molecule has 120 valence electrons. The molecule has 0 aliphatic rings. The van der Waals surface area contributed by atoms with Gasteiger partial charge in [-0.25, -0.2) is 4.98 Å². The summed E-state index contributed by atoms with van der Waals surface area (Å²) >= 11 is 0. The largest absolute Gasteiger partial charge is 0.353 e. The normalized spacial score (nSPS) is 12.5. The van der Waals surface area contributed by atoms with E-state index in [0.717, 1.165) is 28.4 Å². The van der Waals surface area contributed by atoms with Gasteiger partial charge in [0.2, 0.25) is 5.91 Å². The number of nitrogens with zero attached hydrogens (tertiary/aromatic N) is 3. The lowest BCUT2D eigenvalue weighted by atomic mass is 10.1. The molecule has 0 aliphatic carbocycles. The second kappa shape index (κ2) is 6.24. The van der Waals surface area contributed by atoms with E-state index in [9.17, 15) is 4.79 Å². The predicted molar refractivity (Wildman–Crippen MR) is 88.3 cm³/mol. The van der Waals surface area contributed by atoms with Gasteiger partial charge in [0, 0.05) is 24.4 Å². The maximum atomic E-state index is 12.3. The summed E-state index contributed by atoms with van der Waals surface area (Å²) in [5, 5.41) is 10.2. The first-order valence-electron chi connectivity index (χ1n) is 7.75. The minimum atomic E-state index is -0.00138. The maximum Gasteiger partial charge on any atom is 0.226 e. The van der Waals surface area contributed by atoms with Crippen molar-refractivity contribution in [3.8, 4) is 0 Å². The van der Waals surface area contributed by atoms with Crippen LogP contribution in [0.1, 0.15) is 29.7 Å². The summed E-state index contributed by atoms with van der Waals surface area (Å²) < 4.78 is 1.97. The molecule has 6 nitrogen and oxygen atoms in total. The molecule has 0 fully saturated rings. The third-order valence-corrected chi connectivity index (χ3v) is 3.84. The summed E-state index contributed by atoms with van der Waals surface area (Å²) in [6.07, 6.45) is 2.97. The van der Waals surface area contributed by atoms with E-state index in [-0.39, 0.29) is 11.9 Å². The van der Waals surface area contributed by atoms with E-state index in [2.05, 4.69) is 20.5 Å². The molecule has 0 aliphatic heterocycles. The number of carbonyl (C=O) groups excluding carboxylic acids is 1. The first-order chi connectivity index (χ1) is 11.0. The Morgan fingerprint density at radius 3 is 2.96 bits per heavy atom. The molecule has 0 radical (unpaired) electrons. The molecule has 0 saturated heterocycles. The van der Waals surface area contributed by atoms with Gasteiger partial charge in [0.05, 0.1) is 23.5 Å². The Labute approximate surface area is 134 Å². The molecule has 0 aromatic carbocycles. The summed E-state index contributed by atoms with van der Waals surface area (Å²) in [5.74, 6) is -0.00138. The molecule has 0 spiro atoms. The Morgan fingerprint density at radius 2 is 2.22 bits per heavy atom. The topological polar surface area (TPSA) is 75.1 Å². The molecular formula is C17H21N5O. The van der Waals surface area contributed by atoms with Crippen molar-refractivity contribution in [1.82, 2.24) is 24.9 Å². The number of amides is 1. The van der Waals surface area contributed by atoms with E-state index in [0.29, 0.717) is 12.8 Å². The molecule has 23 heavy (non-hydrogen) atoms.